The summed E-state index contributed by atoms with van der Waals surface area (Å²) < 4.78 is 35.0. The van der Waals surface area contributed by atoms with E-state index in [2.05, 4.69) is 5.32 Å². The Bertz CT molecular complexity index is 1100. The first kappa shape index (κ1) is 19.7. The summed E-state index contributed by atoms with van der Waals surface area (Å²) in [6.07, 6.45) is 5.49. The van der Waals surface area contributed by atoms with Crippen LogP contribution in [0.2, 0.25) is 0 Å². The smallest absolute Gasteiger partial charge is 0.243 e. The number of fused-ring (bicyclic) bond motifs is 1. The Hall–Kier alpha value is -2.58. The van der Waals surface area contributed by atoms with Gasteiger partial charge in [-0.25, -0.2) is 8.42 Å². The van der Waals surface area contributed by atoms with E-state index in [1.54, 1.807) is 18.4 Å². The fourth-order valence-electron chi connectivity index (χ4n) is 3.85. The maximum Gasteiger partial charge on any atom is 0.243 e. The third kappa shape index (κ3) is 4.09. The van der Waals surface area contributed by atoms with Crippen molar-refractivity contribution in [1.82, 2.24) is 14.2 Å². The predicted octanol–water partition coefficient (Wildman–Crippen LogP) is 2.53. The van der Waals surface area contributed by atoms with Gasteiger partial charge in [0.1, 0.15) is 5.76 Å². The molecule has 0 saturated carbocycles. The molecule has 3 heterocycles. The number of aromatic nitrogens is 1. The lowest BCUT2D eigenvalue weighted by Gasteiger charge is -2.31. The second kappa shape index (κ2) is 8.04. The Labute approximate surface area is 170 Å². The highest BCUT2D eigenvalue weighted by atomic mass is 32.2. The van der Waals surface area contributed by atoms with Crippen LogP contribution in [0.15, 0.2) is 58.2 Å². The molecule has 2 aromatic heterocycles. The topological polar surface area (TPSA) is 84.5 Å². The van der Waals surface area contributed by atoms with E-state index >= 15 is 0 Å². The average Bonchev–Trinajstić information content (AvgIpc) is 3.38. The number of aryl methyl sites for hydroxylation is 1. The van der Waals surface area contributed by atoms with E-state index < -0.39 is 10.0 Å². The molecule has 1 amide bonds. The molecule has 7 nitrogen and oxygen atoms in total. The number of rotatable bonds is 6. The number of carbonyl (C=O) groups excluding carboxylic acids is 1. The molecule has 4 rings (SSSR count). The molecule has 1 N–H and O–H groups in total. The number of sulfonamides is 1. The molecule has 8 heteroatoms. The minimum atomic E-state index is -3.64. The molecule has 0 spiro atoms. The van der Waals surface area contributed by atoms with E-state index in [0.29, 0.717) is 32.4 Å². The molecule has 1 fully saturated rings. The Balaban J connectivity index is 1.42. The lowest BCUT2D eigenvalue weighted by atomic mass is 9.99. The molecule has 154 valence electrons. The molecule has 1 aliphatic rings. The fraction of sp³-hybridized carbons (Fsp3) is 0.381. The van der Waals surface area contributed by atoms with E-state index in [9.17, 15) is 13.2 Å². The molecule has 0 bridgehead atoms. The van der Waals surface area contributed by atoms with E-state index in [-0.39, 0.29) is 23.3 Å². The van der Waals surface area contributed by atoms with Crippen LogP contribution in [0.3, 0.4) is 0 Å². The van der Waals surface area contributed by atoms with Gasteiger partial charge in [-0.3, -0.25) is 4.79 Å². The largest absolute Gasteiger partial charge is 0.469 e. The maximum atomic E-state index is 13.2. The summed E-state index contributed by atoms with van der Waals surface area (Å²) in [4.78, 5) is 12.8. The summed E-state index contributed by atoms with van der Waals surface area (Å²) in [5.74, 6) is 0.375. The average molecular weight is 416 g/mol. The molecule has 3 aromatic rings. The summed E-state index contributed by atoms with van der Waals surface area (Å²) in [5, 5.41) is 3.79. The molecule has 29 heavy (non-hydrogen) atoms. The first-order chi connectivity index (χ1) is 13.9. The van der Waals surface area contributed by atoms with Gasteiger partial charge in [0.2, 0.25) is 15.9 Å². The Kier molecular flexibility index (Phi) is 5.47. The van der Waals surface area contributed by atoms with Crippen molar-refractivity contribution in [3.63, 3.8) is 0 Å². The summed E-state index contributed by atoms with van der Waals surface area (Å²) in [6.45, 7) is 1.12. The zero-order chi connectivity index (χ0) is 20.4. The number of benzene rings is 1. The number of nitrogens with zero attached hydrogens (tertiary/aromatic N) is 2. The highest BCUT2D eigenvalue weighted by Gasteiger charge is 2.33. The van der Waals surface area contributed by atoms with Gasteiger partial charge in [0.15, 0.2) is 0 Å². The SMILES string of the molecule is Cn1ccc2cc(S(=O)(=O)N3CCC[C@@H](C(=O)NCCc4ccco4)C3)ccc21. The number of nitrogens with one attached hydrogen (secondary N) is 1. The van der Waals surface area contributed by atoms with Crippen molar-refractivity contribution in [2.45, 2.75) is 24.2 Å². The molecule has 1 aromatic carbocycles. The number of piperidine rings is 1. The van der Waals surface area contributed by atoms with Crippen LogP contribution in [0.25, 0.3) is 10.9 Å². The number of furan rings is 1. The third-order valence-electron chi connectivity index (χ3n) is 5.50. The van der Waals surface area contributed by atoms with Crippen molar-refractivity contribution in [3.8, 4) is 0 Å². The number of hydrogen-bond donors (Lipinski definition) is 1. The molecular formula is C21H25N3O4S. The van der Waals surface area contributed by atoms with Gasteiger partial charge in [0, 0.05) is 50.2 Å². The van der Waals surface area contributed by atoms with Crippen molar-refractivity contribution < 1.29 is 17.6 Å². The highest BCUT2D eigenvalue weighted by molar-refractivity contribution is 7.89. The van der Waals surface area contributed by atoms with Crippen LogP contribution in [-0.2, 0) is 28.3 Å². The van der Waals surface area contributed by atoms with Crippen LogP contribution in [0.4, 0.5) is 0 Å². The predicted molar refractivity (Wildman–Crippen MR) is 110 cm³/mol. The molecule has 1 aliphatic heterocycles. The standard InChI is InChI=1S/C21H25N3O4S/c1-23-12-9-16-14-19(6-7-20(16)23)29(26,27)24-11-2-4-17(15-24)21(25)22-10-8-18-5-3-13-28-18/h3,5-7,9,12-14,17H,2,4,8,10-11,15H2,1H3,(H,22,25)/t17-/m1/s1. The van der Waals surface area contributed by atoms with Crippen LogP contribution in [-0.4, -0.2) is 42.8 Å². The van der Waals surface area contributed by atoms with Crippen molar-refractivity contribution in [2.24, 2.45) is 13.0 Å². The Morgan fingerprint density at radius 1 is 1.28 bits per heavy atom. The third-order valence-corrected chi connectivity index (χ3v) is 7.36. The molecular weight excluding hydrogens is 390 g/mol. The van der Waals surface area contributed by atoms with E-state index in [4.69, 9.17) is 4.42 Å². The molecule has 0 aliphatic carbocycles. The van der Waals surface area contributed by atoms with Gasteiger partial charge < -0.3 is 14.3 Å². The maximum absolute atomic E-state index is 13.2. The Morgan fingerprint density at radius 2 is 2.14 bits per heavy atom. The lowest BCUT2D eigenvalue weighted by Crippen LogP contribution is -2.45. The first-order valence-electron chi connectivity index (χ1n) is 9.80. The summed E-state index contributed by atoms with van der Waals surface area (Å²) in [5.41, 5.74) is 0.983. The van der Waals surface area contributed by atoms with Crippen molar-refractivity contribution >= 4 is 26.8 Å². The zero-order valence-electron chi connectivity index (χ0n) is 16.4. The van der Waals surface area contributed by atoms with Gasteiger partial charge in [-0.1, -0.05) is 0 Å². The molecule has 1 atom stereocenters. The normalized spacial score (nSPS) is 18.2. The Morgan fingerprint density at radius 3 is 2.93 bits per heavy atom. The summed E-state index contributed by atoms with van der Waals surface area (Å²) >= 11 is 0. The molecule has 1 saturated heterocycles. The van der Waals surface area contributed by atoms with E-state index in [1.165, 1.54) is 4.31 Å². The van der Waals surface area contributed by atoms with E-state index in [1.807, 2.05) is 42.1 Å². The van der Waals surface area contributed by atoms with Crippen LogP contribution in [0, 0.1) is 5.92 Å². The number of carbonyl (C=O) groups is 1. The van der Waals surface area contributed by atoms with Gasteiger partial charge in [0.05, 0.1) is 17.1 Å². The van der Waals surface area contributed by atoms with Crippen LogP contribution >= 0.6 is 0 Å². The lowest BCUT2D eigenvalue weighted by molar-refractivity contribution is -0.126. The molecule has 0 radical (unpaired) electrons. The van der Waals surface area contributed by atoms with Crippen LogP contribution in [0.5, 0.6) is 0 Å². The summed E-state index contributed by atoms with van der Waals surface area (Å²) in [6, 6.07) is 10.8. The van der Waals surface area contributed by atoms with Gasteiger partial charge in [-0.2, -0.15) is 4.31 Å². The van der Waals surface area contributed by atoms with Crippen molar-refractivity contribution in [2.75, 3.05) is 19.6 Å². The van der Waals surface area contributed by atoms with Gasteiger partial charge in [-0.15, -0.1) is 0 Å². The van der Waals surface area contributed by atoms with Gasteiger partial charge in [-0.05, 0) is 49.2 Å². The molecule has 0 unspecified atom stereocenters. The second-order valence-electron chi connectivity index (χ2n) is 7.47. The van der Waals surface area contributed by atoms with Crippen LogP contribution in [0.1, 0.15) is 18.6 Å². The monoisotopic (exact) mass is 415 g/mol. The first-order valence-corrected chi connectivity index (χ1v) is 11.2. The number of amides is 1. The number of hydrogen-bond acceptors (Lipinski definition) is 4. The minimum absolute atomic E-state index is 0.102. The highest BCUT2D eigenvalue weighted by Crippen LogP contribution is 2.26. The van der Waals surface area contributed by atoms with Crippen molar-refractivity contribution in [1.29, 1.82) is 0 Å². The summed E-state index contributed by atoms with van der Waals surface area (Å²) in [7, 11) is -1.71. The van der Waals surface area contributed by atoms with Gasteiger partial charge in [0.25, 0.3) is 0 Å². The quantitative estimate of drug-likeness (QED) is 0.671. The van der Waals surface area contributed by atoms with Gasteiger partial charge >= 0.3 is 0 Å². The zero-order valence-corrected chi connectivity index (χ0v) is 17.2. The second-order valence-corrected chi connectivity index (χ2v) is 9.41. The minimum Gasteiger partial charge on any atom is -0.469 e. The van der Waals surface area contributed by atoms with E-state index in [0.717, 1.165) is 16.7 Å². The van der Waals surface area contributed by atoms with Crippen molar-refractivity contribution in [3.05, 3.63) is 54.6 Å². The fourth-order valence-corrected chi connectivity index (χ4v) is 5.41. The van der Waals surface area contributed by atoms with Crippen LogP contribution < -0.4 is 5.32 Å².